The Labute approximate surface area is 232 Å². The SMILES string of the molecule is COC(=O)c1cn2c(c(OCc3ccccc3)c1=O)C(=O)N1CCN(C(c3ccccc3)c3ccccc3)C1C2. The number of aromatic nitrogens is 1. The molecule has 202 valence electrons. The Morgan fingerprint density at radius 2 is 1.48 bits per heavy atom. The van der Waals surface area contributed by atoms with E-state index in [0.717, 1.165) is 16.7 Å². The molecule has 1 atom stereocenters. The summed E-state index contributed by atoms with van der Waals surface area (Å²) in [6.45, 7) is 1.60. The standard InChI is InChI=1S/C32H29N3O5/c1-39-32(38)25-19-33-20-26-34(27(23-13-7-3-8-14-23)24-15-9-4-10-16-24)17-18-35(26)31(37)28(33)30(29(25)36)40-21-22-11-5-2-6-12-22/h2-16,19,26-27H,17-18,20-21H2,1H3. The molecule has 2 aliphatic heterocycles. The van der Waals surface area contributed by atoms with Crippen molar-refractivity contribution in [1.82, 2.24) is 14.4 Å². The molecule has 0 radical (unpaired) electrons. The fourth-order valence-corrected chi connectivity index (χ4v) is 5.72. The third-order valence-corrected chi connectivity index (χ3v) is 7.60. The average Bonchev–Trinajstić information content (AvgIpc) is 3.41. The smallest absolute Gasteiger partial charge is 0.343 e. The summed E-state index contributed by atoms with van der Waals surface area (Å²) in [6, 6.07) is 29.7. The number of benzene rings is 3. The van der Waals surface area contributed by atoms with Crippen molar-refractivity contribution in [3.8, 4) is 5.75 Å². The van der Waals surface area contributed by atoms with Crippen LogP contribution in [0.3, 0.4) is 0 Å². The summed E-state index contributed by atoms with van der Waals surface area (Å²) in [5, 5.41) is 0. The zero-order valence-electron chi connectivity index (χ0n) is 22.1. The first kappa shape index (κ1) is 25.6. The molecule has 0 aliphatic carbocycles. The molecular formula is C32H29N3O5. The molecule has 8 heteroatoms. The Balaban J connectivity index is 1.42. The van der Waals surface area contributed by atoms with Gasteiger partial charge < -0.3 is 18.9 Å². The number of amides is 1. The molecule has 0 spiro atoms. The first-order valence-electron chi connectivity index (χ1n) is 13.3. The minimum atomic E-state index is -0.769. The molecule has 1 aromatic heterocycles. The highest BCUT2D eigenvalue weighted by atomic mass is 16.5. The van der Waals surface area contributed by atoms with Crippen LogP contribution in [0.1, 0.15) is 43.6 Å². The van der Waals surface area contributed by atoms with Crippen LogP contribution in [0.25, 0.3) is 0 Å². The minimum Gasteiger partial charge on any atom is -0.483 e. The van der Waals surface area contributed by atoms with E-state index in [0.29, 0.717) is 19.6 Å². The number of carbonyl (C=O) groups excluding carboxylic acids is 2. The van der Waals surface area contributed by atoms with Gasteiger partial charge in [0.05, 0.1) is 19.7 Å². The summed E-state index contributed by atoms with van der Waals surface area (Å²) in [6.07, 6.45) is 1.14. The van der Waals surface area contributed by atoms with Gasteiger partial charge in [0.15, 0.2) is 11.4 Å². The van der Waals surface area contributed by atoms with E-state index in [1.807, 2.05) is 66.7 Å². The van der Waals surface area contributed by atoms with Crippen molar-refractivity contribution in [1.29, 1.82) is 0 Å². The lowest BCUT2D eigenvalue weighted by Crippen LogP contribution is -2.51. The Hall–Kier alpha value is -4.69. The topological polar surface area (TPSA) is 81.1 Å². The molecule has 40 heavy (non-hydrogen) atoms. The molecule has 3 aromatic carbocycles. The second-order valence-electron chi connectivity index (χ2n) is 9.91. The van der Waals surface area contributed by atoms with Crippen molar-refractivity contribution < 1.29 is 19.1 Å². The molecule has 1 unspecified atom stereocenters. The normalized spacial score (nSPS) is 16.5. The van der Waals surface area contributed by atoms with Gasteiger partial charge >= 0.3 is 5.97 Å². The average molecular weight is 536 g/mol. The summed E-state index contributed by atoms with van der Waals surface area (Å²) in [4.78, 5) is 44.2. The molecular weight excluding hydrogens is 506 g/mol. The van der Waals surface area contributed by atoms with E-state index in [-0.39, 0.29) is 41.7 Å². The molecule has 1 saturated heterocycles. The van der Waals surface area contributed by atoms with Gasteiger partial charge in [-0.1, -0.05) is 91.0 Å². The number of rotatable bonds is 7. The number of fused-ring (bicyclic) bond motifs is 2. The lowest BCUT2D eigenvalue weighted by molar-refractivity contribution is 0.0444. The monoisotopic (exact) mass is 535 g/mol. The quantitative estimate of drug-likeness (QED) is 0.332. The van der Waals surface area contributed by atoms with Gasteiger partial charge in [0.2, 0.25) is 5.43 Å². The van der Waals surface area contributed by atoms with Gasteiger partial charge in [0.1, 0.15) is 18.3 Å². The lowest BCUT2D eigenvalue weighted by Gasteiger charge is -2.40. The number of ether oxygens (including phenoxy) is 2. The van der Waals surface area contributed by atoms with Gasteiger partial charge in [-0.3, -0.25) is 14.5 Å². The first-order valence-corrected chi connectivity index (χ1v) is 13.3. The van der Waals surface area contributed by atoms with E-state index in [1.165, 1.54) is 13.3 Å². The summed E-state index contributed by atoms with van der Waals surface area (Å²) in [7, 11) is 1.23. The van der Waals surface area contributed by atoms with Gasteiger partial charge in [0, 0.05) is 19.3 Å². The van der Waals surface area contributed by atoms with Gasteiger partial charge in [-0.05, 0) is 16.7 Å². The van der Waals surface area contributed by atoms with Crippen LogP contribution in [0.4, 0.5) is 0 Å². The molecule has 0 saturated carbocycles. The van der Waals surface area contributed by atoms with Gasteiger partial charge in [0.25, 0.3) is 5.91 Å². The van der Waals surface area contributed by atoms with E-state index < -0.39 is 11.4 Å². The molecule has 1 amide bonds. The highest BCUT2D eigenvalue weighted by Gasteiger charge is 2.45. The number of pyridine rings is 1. The van der Waals surface area contributed by atoms with Crippen LogP contribution in [-0.2, 0) is 17.9 Å². The summed E-state index contributed by atoms with van der Waals surface area (Å²) in [5.41, 5.74) is 2.42. The summed E-state index contributed by atoms with van der Waals surface area (Å²) in [5.74, 6) is -1.19. The second-order valence-corrected chi connectivity index (χ2v) is 9.91. The number of methoxy groups -OCH3 is 1. The zero-order chi connectivity index (χ0) is 27.6. The third kappa shape index (κ3) is 4.56. The fourth-order valence-electron chi connectivity index (χ4n) is 5.72. The predicted molar refractivity (Wildman–Crippen MR) is 149 cm³/mol. The summed E-state index contributed by atoms with van der Waals surface area (Å²) < 4.78 is 12.6. The van der Waals surface area contributed by atoms with Crippen LogP contribution in [-0.4, -0.2) is 52.6 Å². The van der Waals surface area contributed by atoms with E-state index in [1.54, 1.807) is 9.47 Å². The van der Waals surface area contributed by atoms with Crippen molar-refractivity contribution in [2.24, 2.45) is 0 Å². The maximum Gasteiger partial charge on any atom is 0.343 e. The van der Waals surface area contributed by atoms with Gasteiger partial charge in [-0.2, -0.15) is 0 Å². The van der Waals surface area contributed by atoms with Crippen molar-refractivity contribution in [3.05, 3.63) is 135 Å². The summed E-state index contributed by atoms with van der Waals surface area (Å²) >= 11 is 0. The Morgan fingerprint density at radius 3 is 2.08 bits per heavy atom. The molecule has 0 bridgehead atoms. The minimum absolute atomic E-state index is 0.0833. The third-order valence-electron chi connectivity index (χ3n) is 7.60. The van der Waals surface area contributed by atoms with Gasteiger partial charge in [-0.25, -0.2) is 4.79 Å². The van der Waals surface area contributed by atoms with Crippen molar-refractivity contribution in [2.45, 2.75) is 25.4 Å². The number of hydrogen-bond donors (Lipinski definition) is 0. The number of hydrogen-bond acceptors (Lipinski definition) is 6. The van der Waals surface area contributed by atoms with Crippen molar-refractivity contribution in [2.75, 3.05) is 20.2 Å². The van der Waals surface area contributed by atoms with Crippen molar-refractivity contribution >= 4 is 11.9 Å². The fraction of sp³-hybridized carbons (Fsp3) is 0.219. The molecule has 6 rings (SSSR count). The molecule has 8 nitrogen and oxygen atoms in total. The lowest BCUT2D eigenvalue weighted by atomic mass is 9.96. The zero-order valence-corrected chi connectivity index (χ0v) is 22.1. The molecule has 3 heterocycles. The molecule has 2 aliphatic rings. The van der Waals surface area contributed by atoms with E-state index in [9.17, 15) is 14.4 Å². The Bertz CT molecular complexity index is 1550. The molecule has 4 aromatic rings. The second kappa shape index (κ2) is 10.8. The molecule has 1 fully saturated rings. The Morgan fingerprint density at radius 1 is 0.875 bits per heavy atom. The number of nitrogens with zero attached hydrogens (tertiary/aromatic N) is 3. The van der Waals surface area contributed by atoms with Crippen LogP contribution in [0.15, 0.2) is 102 Å². The van der Waals surface area contributed by atoms with Crippen LogP contribution in [0.2, 0.25) is 0 Å². The maximum atomic E-state index is 14.0. The van der Waals surface area contributed by atoms with E-state index in [2.05, 4.69) is 29.2 Å². The van der Waals surface area contributed by atoms with Crippen LogP contribution < -0.4 is 10.2 Å². The maximum absolute atomic E-state index is 14.0. The van der Waals surface area contributed by atoms with E-state index in [4.69, 9.17) is 9.47 Å². The van der Waals surface area contributed by atoms with Gasteiger partial charge in [-0.15, -0.1) is 0 Å². The van der Waals surface area contributed by atoms with E-state index >= 15 is 0 Å². The number of carbonyl (C=O) groups is 2. The molecule has 0 N–H and O–H groups in total. The highest BCUT2D eigenvalue weighted by Crippen LogP contribution is 2.37. The number of esters is 1. The largest absolute Gasteiger partial charge is 0.483 e. The first-order chi connectivity index (χ1) is 19.6. The van der Waals surface area contributed by atoms with Crippen LogP contribution >= 0.6 is 0 Å². The van der Waals surface area contributed by atoms with Crippen LogP contribution in [0.5, 0.6) is 5.75 Å². The van der Waals surface area contributed by atoms with Crippen LogP contribution in [0, 0.1) is 0 Å². The predicted octanol–water partition coefficient (Wildman–Crippen LogP) is 4.10. The Kier molecular flexibility index (Phi) is 6.92. The van der Waals surface area contributed by atoms with Crippen molar-refractivity contribution in [3.63, 3.8) is 0 Å². The highest BCUT2D eigenvalue weighted by molar-refractivity contribution is 5.98.